The highest BCUT2D eigenvalue weighted by Crippen LogP contribution is 2.32. The van der Waals surface area contributed by atoms with Crippen molar-refractivity contribution in [3.8, 4) is 0 Å². The van der Waals surface area contributed by atoms with E-state index in [9.17, 15) is 9.59 Å². The number of likely N-dealkylation sites (N-methyl/N-ethyl adjacent to an activating group) is 2. The molecule has 0 rings (SSSR count). The van der Waals surface area contributed by atoms with Crippen LogP contribution in [0.15, 0.2) is 0 Å². The molecule has 0 amide bonds. The Labute approximate surface area is 145 Å². The van der Waals surface area contributed by atoms with Gasteiger partial charge in [-0.3, -0.25) is 9.59 Å². The van der Waals surface area contributed by atoms with Crippen LogP contribution in [0.2, 0.25) is 0 Å². The van der Waals surface area contributed by atoms with Crippen LogP contribution in [0, 0.1) is 0 Å². The van der Waals surface area contributed by atoms with Crippen molar-refractivity contribution in [3.63, 3.8) is 0 Å². The second-order valence-corrected chi connectivity index (χ2v) is 5.99. The molecule has 0 spiro atoms. The fourth-order valence-electron chi connectivity index (χ4n) is 1.31. The lowest BCUT2D eigenvalue weighted by molar-refractivity contribution is -0.148. The van der Waals surface area contributed by atoms with E-state index in [0.29, 0.717) is 13.1 Å². The minimum Gasteiger partial charge on any atom is -0.321 e. The van der Waals surface area contributed by atoms with Gasteiger partial charge < -0.3 is 15.4 Å². The fourth-order valence-corrected chi connectivity index (χ4v) is 2.16. The van der Waals surface area contributed by atoms with Gasteiger partial charge in [0.1, 0.15) is 0 Å². The van der Waals surface area contributed by atoms with Gasteiger partial charge in [0.2, 0.25) is 10.1 Å². The molecule has 0 fully saturated rings. The molecule has 0 aliphatic carbocycles. The molecule has 2 atom stereocenters. The van der Waals surface area contributed by atoms with Crippen LogP contribution in [0.1, 0.15) is 13.8 Å². The third-order valence-corrected chi connectivity index (χ3v) is 4.44. The molecule has 0 aliphatic rings. The molecule has 5 nitrogen and oxygen atoms in total. The first-order valence-electron chi connectivity index (χ1n) is 6.47. The second-order valence-electron chi connectivity index (χ2n) is 4.23. The molecule has 21 heavy (non-hydrogen) atoms. The lowest BCUT2D eigenvalue weighted by atomic mass is 10.2. The summed E-state index contributed by atoms with van der Waals surface area (Å²) in [6, 6.07) is 0. The number of halogens is 4. The average Bonchev–Trinajstić information content (AvgIpc) is 2.49. The Hall–Kier alpha value is 0.380. The minimum absolute atomic E-state index is 0.0522. The molecule has 0 aliphatic heterocycles. The van der Waals surface area contributed by atoms with E-state index in [1.807, 2.05) is 13.8 Å². The predicted molar refractivity (Wildman–Crippen MR) is 86.8 cm³/mol. The maximum absolute atomic E-state index is 12.1. The smallest absolute Gasteiger partial charge is 0.217 e. The maximum atomic E-state index is 12.1. The Morgan fingerprint density at radius 3 is 1.48 bits per heavy atom. The van der Waals surface area contributed by atoms with E-state index in [4.69, 9.17) is 51.1 Å². The third-order valence-electron chi connectivity index (χ3n) is 2.57. The molecule has 124 valence electrons. The summed E-state index contributed by atoms with van der Waals surface area (Å²) >= 11 is 23.6. The molecule has 0 saturated carbocycles. The molecule has 0 aromatic heterocycles. The van der Waals surface area contributed by atoms with Crippen molar-refractivity contribution in [1.82, 2.24) is 10.6 Å². The molecule has 0 heterocycles. The highest BCUT2D eigenvalue weighted by molar-refractivity contribution is 6.42. The Bertz CT molecular complexity index is 327. The van der Waals surface area contributed by atoms with E-state index >= 15 is 0 Å². The highest BCUT2D eigenvalue weighted by atomic mass is 35.5. The number of hydrogen-bond acceptors (Lipinski definition) is 5. The van der Waals surface area contributed by atoms with Gasteiger partial charge in [0.25, 0.3) is 0 Å². The second kappa shape index (κ2) is 10.2. The zero-order chi connectivity index (χ0) is 16.5. The number of rotatable bonds is 12. The Balaban J connectivity index is 5.02. The summed E-state index contributed by atoms with van der Waals surface area (Å²) in [6.45, 7) is 4.70. The van der Waals surface area contributed by atoms with Crippen molar-refractivity contribution in [1.29, 1.82) is 0 Å². The molecule has 2 unspecified atom stereocenters. The number of nitrogens with one attached hydrogen (secondary N) is 2. The van der Waals surface area contributed by atoms with Gasteiger partial charge in [0, 0.05) is 0 Å². The van der Waals surface area contributed by atoms with Gasteiger partial charge in [-0.15, -0.1) is 23.2 Å². The number of ether oxygens (including phenoxy) is 1. The SMILES string of the molecule is CCNCC(=O)C(Cl)(CCl)OC(Cl)(CCl)C(=O)CNCC. The predicted octanol–water partition coefficient (Wildman–Crippen LogP) is 1.71. The summed E-state index contributed by atoms with van der Waals surface area (Å²) in [5, 5.41) is 1.79. The van der Waals surface area contributed by atoms with E-state index in [1.165, 1.54) is 0 Å². The number of ketones is 2. The van der Waals surface area contributed by atoms with E-state index in [0.717, 1.165) is 0 Å². The summed E-state index contributed by atoms with van der Waals surface area (Å²) < 4.78 is 5.33. The number of hydrogen-bond donors (Lipinski definition) is 2. The van der Waals surface area contributed by atoms with Crippen molar-refractivity contribution in [2.45, 2.75) is 24.0 Å². The summed E-state index contributed by atoms with van der Waals surface area (Å²) in [4.78, 5) is 24.1. The molecular weight excluding hydrogens is 362 g/mol. The van der Waals surface area contributed by atoms with Gasteiger partial charge in [-0.05, 0) is 13.1 Å². The van der Waals surface area contributed by atoms with Gasteiger partial charge in [-0.1, -0.05) is 37.0 Å². The summed E-state index contributed by atoms with van der Waals surface area (Å²) in [5.41, 5.74) is 0. The van der Waals surface area contributed by atoms with Gasteiger partial charge in [0.15, 0.2) is 11.6 Å². The van der Waals surface area contributed by atoms with Crippen molar-refractivity contribution in [3.05, 3.63) is 0 Å². The summed E-state index contributed by atoms with van der Waals surface area (Å²) in [7, 11) is 0. The van der Waals surface area contributed by atoms with E-state index < -0.39 is 21.7 Å². The number of carbonyl (C=O) groups is 2. The van der Waals surface area contributed by atoms with E-state index in [2.05, 4.69) is 10.6 Å². The largest absolute Gasteiger partial charge is 0.321 e. The Morgan fingerprint density at radius 2 is 1.24 bits per heavy atom. The van der Waals surface area contributed by atoms with Gasteiger partial charge in [-0.2, -0.15) is 0 Å². The first-order valence-corrected chi connectivity index (χ1v) is 8.30. The minimum atomic E-state index is -1.91. The molecule has 0 radical (unpaired) electrons. The summed E-state index contributed by atoms with van der Waals surface area (Å²) in [6.07, 6.45) is 0. The zero-order valence-electron chi connectivity index (χ0n) is 12.0. The lowest BCUT2D eigenvalue weighted by Crippen LogP contribution is -2.53. The Morgan fingerprint density at radius 1 is 0.905 bits per heavy atom. The maximum Gasteiger partial charge on any atom is 0.217 e. The van der Waals surface area contributed by atoms with Gasteiger partial charge >= 0.3 is 0 Å². The molecule has 0 bridgehead atoms. The molecule has 0 aromatic carbocycles. The summed E-state index contributed by atoms with van der Waals surface area (Å²) in [5.74, 6) is -1.77. The Kier molecular flexibility index (Phi) is 10.4. The van der Waals surface area contributed by atoms with Crippen LogP contribution in [-0.4, -0.2) is 59.6 Å². The molecule has 0 aromatic rings. The van der Waals surface area contributed by atoms with Crippen LogP contribution in [0.5, 0.6) is 0 Å². The van der Waals surface area contributed by atoms with Crippen LogP contribution < -0.4 is 10.6 Å². The van der Waals surface area contributed by atoms with E-state index in [1.54, 1.807) is 0 Å². The highest BCUT2D eigenvalue weighted by Gasteiger charge is 2.47. The van der Waals surface area contributed by atoms with Crippen molar-refractivity contribution >= 4 is 58.0 Å². The number of alkyl halides is 4. The van der Waals surface area contributed by atoms with Crippen molar-refractivity contribution in [2.24, 2.45) is 0 Å². The van der Waals surface area contributed by atoms with Crippen LogP contribution in [0.4, 0.5) is 0 Å². The van der Waals surface area contributed by atoms with Gasteiger partial charge in [0.05, 0.1) is 24.8 Å². The number of Topliss-reactive ketones (excluding diaryl/α,β-unsaturated/α-hetero) is 2. The zero-order valence-corrected chi connectivity index (χ0v) is 15.0. The van der Waals surface area contributed by atoms with Crippen LogP contribution in [0.3, 0.4) is 0 Å². The average molecular weight is 382 g/mol. The quantitative estimate of drug-likeness (QED) is 0.503. The topological polar surface area (TPSA) is 67.4 Å². The molecule has 0 saturated heterocycles. The van der Waals surface area contributed by atoms with Gasteiger partial charge in [-0.25, -0.2) is 0 Å². The van der Waals surface area contributed by atoms with Crippen molar-refractivity contribution < 1.29 is 14.3 Å². The first kappa shape index (κ1) is 21.4. The number of carbonyl (C=O) groups excluding carboxylic acids is 2. The van der Waals surface area contributed by atoms with Crippen LogP contribution in [0.25, 0.3) is 0 Å². The first-order chi connectivity index (χ1) is 9.79. The van der Waals surface area contributed by atoms with Crippen LogP contribution >= 0.6 is 46.4 Å². The van der Waals surface area contributed by atoms with E-state index in [-0.39, 0.29) is 24.8 Å². The standard InChI is InChI=1S/C12H20Cl4N2O3/c1-3-17-5-9(19)11(15,7-13)21-12(16,8-14)10(20)6-18-4-2/h17-18H,3-8H2,1-2H3. The normalized spacial score (nSPS) is 17.0. The monoisotopic (exact) mass is 380 g/mol. The fraction of sp³-hybridized carbons (Fsp3) is 0.833. The third kappa shape index (κ3) is 6.57. The van der Waals surface area contributed by atoms with Crippen LogP contribution in [-0.2, 0) is 14.3 Å². The molecule has 9 heteroatoms. The molecule has 2 N–H and O–H groups in total. The lowest BCUT2D eigenvalue weighted by Gasteiger charge is -2.33. The van der Waals surface area contributed by atoms with Crippen molar-refractivity contribution in [2.75, 3.05) is 37.9 Å². The molecular formula is C12H20Cl4N2O3.